The van der Waals surface area contributed by atoms with Gasteiger partial charge in [0.15, 0.2) is 14.2 Å². The lowest BCUT2D eigenvalue weighted by molar-refractivity contribution is 0.373. The fraction of sp³-hybridized carbons (Fsp3) is 0.600. The summed E-state index contributed by atoms with van der Waals surface area (Å²) in [6.45, 7) is 1.65. The van der Waals surface area contributed by atoms with Crippen LogP contribution in [0.4, 0.5) is 0 Å². The Labute approximate surface area is 131 Å². The van der Waals surface area contributed by atoms with Gasteiger partial charge in [-0.3, -0.25) is 0 Å². The molecule has 0 aliphatic rings. The highest BCUT2D eigenvalue weighted by atomic mass is 32.2. The molecule has 2 heterocycles. The van der Waals surface area contributed by atoms with E-state index in [0.29, 0.717) is 16.0 Å². The number of thiazole rings is 1. The fourth-order valence-electron chi connectivity index (χ4n) is 1.49. The lowest BCUT2D eigenvalue weighted by atomic mass is 10.4. The van der Waals surface area contributed by atoms with Crippen molar-refractivity contribution in [3.8, 4) is 0 Å². The molecule has 0 N–H and O–H groups in total. The molecule has 0 radical (unpaired) electrons. The number of nitrogens with zero attached hydrogens (tertiary/aromatic N) is 6. The summed E-state index contributed by atoms with van der Waals surface area (Å²) in [6, 6.07) is 0. The van der Waals surface area contributed by atoms with Gasteiger partial charge in [0.25, 0.3) is 0 Å². The fourth-order valence-corrected chi connectivity index (χ4v) is 4.35. The smallest absolute Gasteiger partial charge is 0.216 e. The van der Waals surface area contributed by atoms with E-state index in [9.17, 15) is 8.42 Å². The third kappa shape index (κ3) is 4.73. The zero-order chi connectivity index (χ0) is 15.5. The molecule has 0 aliphatic heterocycles. The van der Waals surface area contributed by atoms with Crippen LogP contribution in [0.1, 0.15) is 6.42 Å². The average Bonchev–Trinajstić information content (AvgIpc) is 2.99. The first-order valence-electron chi connectivity index (χ1n) is 6.11. The minimum atomic E-state index is -3.22. The van der Waals surface area contributed by atoms with Gasteiger partial charge in [-0.05, 0) is 49.2 Å². The van der Waals surface area contributed by atoms with Gasteiger partial charge in [-0.2, -0.15) is 0 Å². The molecule has 0 unspecified atom stereocenters. The van der Waals surface area contributed by atoms with Crippen molar-refractivity contribution in [1.82, 2.24) is 30.1 Å². The van der Waals surface area contributed by atoms with Crippen molar-refractivity contribution in [3.05, 3.63) is 6.20 Å². The molecule has 0 atom stereocenters. The van der Waals surface area contributed by atoms with Crippen LogP contribution in [0, 0.1) is 0 Å². The van der Waals surface area contributed by atoms with Gasteiger partial charge >= 0.3 is 0 Å². The van der Waals surface area contributed by atoms with Crippen LogP contribution in [0.15, 0.2) is 19.9 Å². The number of rotatable bonds is 7. The van der Waals surface area contributed by atoms with E-state index in [2.05, 4.69) is 25.4 Å². The van der Waals surface area contributed by atoms with Crippen molar-refractivity contribution < 1.29 is 8.42 Å². The normalized spacial score (nSPS) is 12.2. The van der Waals surface area contributed by atoms with Gasteiger partial charge in [-0.15, -0.1) is 5.10 Å². The molecule has 0 saturated carbocycles. The number of aryl methyl sites for hydroxylation is 1. The van der Waals surface area contributed by atoms with Crippen LogP contribution in [-0.2, 0) is 16.4 Å². The minimum absolute atomic E-state index is 0.247. The SMILES string of the molecule is CN(C)CCCn1nnnc1Sc1ncc(S(C)(=O)=O)s1. The van der Waals surface area contributed by atoms with E-state index < -0.39 is 9.84 Å². The summed E-state index contributed by atoms with van der Waals surface area (Å²) in [5.41, 5.74) is 0. The molecule has 0 fully saturated rings. The summed E-state index contributed by atoms with van der Waals surface area (Å²) < 4.78 is 25.4. The van der Waals surface area contributed by atoms with E-state index in [1.165, 1.54) is 24.2 Å². The Kier molecular flexibility index (Phi) is 5.30. The van der Waals surface area contributed by atoms with Gasteiger partial charge in [-0.25, -0.2) is 18.1 Å². The predicted molar refractivity (Wildman–Crippen MR) is 80.3 cm³/mol. The maximum absolute atomic E-state index is 11.4. The van der Waals surface area contributed by atoms with Crippen LogP contribution in [0.2, 0.25) is 0 Å². The monoisotopic (exact) mass is 348 g/mol. The van der Waals surface area contributed by atoms with Crippen LogP contribution in [0.5, 0.6) is 0 Å². The molecule has 11 heteroatoms. The van der Waals surface area contributed by atoms with E-state index in [-0.39, 0.29) is 4.21 Å². The number of sulfone groups is 1. The van der Waals surface area contributed by atoms with E-state index in [4.69, 9.17) is 0 Å². The Bertz CT molecular complexity index is 693. The number of hydrogen-bond donors (Lipinski definition) is 0. The van der Waals surface area contributed by atoms with Crippen LogP contribution >= 0.6 is 23.1 Å². The van der Waals surface area contributed by atoms with E-state index in [1.807, 2.05) is 14.1 Å². The molecule has 0 bridgehead atoms. The molecule has 21 heavy (non-hydrogen) atoms. The summed E-state index contributed by atoms with van der Waals surface area (Å²) in [5.74, 6) is 0. The predicted octanol–water partition coefficient (Wildman–Crippen LogP) is 0.636. The summed E-state index contributed by atoms with van der Waals surface area (Å²) in [5, 5.41) is 12.2. The highest BCUT2D eigenvalue weighted by molar-refractivity contribution is 8.01. The van der Waals surface area contributed by atoms with Crippen LogP contribution in [0.3, 0.4) is 0 Å². The average molecular weight is 348 g/mol. The largest absolute Gasteiger partial charge is 0.309 e. The standard InChI is InChI=1S/C10H16N6O2S3/c1-15(2)5-4-6-16-9(12-13-14-16)20-10-11-7-8(19-10)21(3,17)18/h7H,4-6H2,1-3H3. The first kappa shape index (κ1) is 16.3. The summed E-state index contributed by atoms with van der Waals surface area (Å²) >= 11 is 2.40. The van der Waals surface area contributed by atoms with Gasteiger partial charge in [0.1, 0.15) is 4.21 Å². The maximum atomic E-state index is 11.4. The van der Waals surface area contributed by atoms with E-state index >= 15 is 0 Å². The Morgan fingerprint density at radius 2 is 2.19 bits per heavy atom. The van der Waals surface area contributed by atoms with Gasteiger partial charge < -0.3 is 4.90 Å². The minimum Gasteiger partial charge on any atom is -0.309 e. The third-order valence-electron chi connectivity index (χ3n) is 2.48. The van der Waals surface area contributed by atoms with Crippen LogP contribution in [-0.4, -0.2) is 65.4 Å². The number of aromatic nitrogens is 5. The van der Waals surface area contributed by atoms with Crippen LogP contribution in [0.25, 0.3) is 0 Å². The van der Waals surface area contributed by atoms with Crippen molar-refractivity contribution >= 4 is 32.9 Å². The van der Waals surface area contributed by atoms with Crippen molar-refractivity contribution in [2.24, 2.45) is 0 Å². The third-order valence-corrected chi connectivity index (χ3v) is 6.32. The molecule has 0 aromatic carbocycles. The maximum Gasteiger partial charge on any atom is 0.216 e. The molecule has 2 rings (SSSR count). The molecule has 8 nitrogen and oxygen atoms in total. The molecule has 2 aromatic rings. The summed E-state index contributed by atoms with van der Waals surface area (Å²) in [7, 11) is 0.807. The quantitative estimate of drug-likeness (QED) is 0.719. The molecule has 116 valence electrons. The molecule has 0 aliphatic carbocycles. The highest BCUT2D eigenvalue weighted by Gasteiger charge is 2.15. The Morgan fingerprint density at radius 1 is 1.43 bits per heavy atom. The molecule has 2 aromatic heterocycles. The second-order valence-corrected chi connectivity index (χ2v) is 9.15. The van der Waals surface area contributed by atoms with Crippen LogP contribution < -0.4 is 0 Å². The first-order valence-corrected chi connectivity index (χ1v) is 9.63. The Balaban J connectivity index is 2.03. The lowest BCUT2D eigenvalue weighted by Gasteiger charge is -2.08. The van der Waals surface area contributed by atoms with Gasteiger partial charge in [0.05, 0.1) is 6.20 Å². The van der Waals surface area contributed by atoms with E-state index in [1.54, 1.807) is 4.68 Å². The summed E-state index contributed by atoms with van der Waals surface area (Å²) in [6.07, 6.45) is 3.46. The van der Waals surface area contributed by atoms with Crippen molar-refractivity contribution in [2.75, 3.05) is 26.9 Å². The second-order valence-electron chi connectivity index (χ2n) is 4.66. The van der Waals surface area contributed by atoms with Crippen molar-refractivity contribution in [3.63, 3.8) is 0 Å². The zero-order valence-electron chi connectivity index (χ0n) is 11.9. The van der Waals surface area contributed by atoms with Crippen molar-refractivity contribution in [2.45, 2.75) is 26.7 Å². The topological polar surface area (TPSA) is 93.9 Å². The van der Waals surface area contributed by atoms with Crippen molar-refractivity contribution in [1.29, 1.82) is 0 Å². The lowest BCUT2D eigenvalue weighted by Crippen LogP contribution is -2.15. The van der Waals surface area contributed by atoms with Gasteiger partial charge in [-0.1, -0.05) is 11.3 Å². The van der Waals surface area contributed by atoms with Gasteiger partial charge in [0, 0.05) is 12.8 Å². The second kappa shape index (κ2) is 6.81. The Morgan fingerprint density at radius 3 is 2.81 bits per heavy atom. The first-order chi connectivity index (χ1) is 9.86. The highest BCUT2D eigenvalue weighted by Crippen LogP contribution is 2.31. The molecule has 0 spiro atoms. The molecule has 0 saturated heterocycles. The molecular formula is C10H16N6O2S3. The molecule has 0 amide bonds. The summed E-state index contributed by atoms with van der Waals surface area (Å²) in [4.78, 5) is 6.19. The van der Waals surface area contributed by atoms with E-state index in [0.717, 1.165) is 24.3 Å². The molecular weight excluding hydrogens is 332 g/mol. The zero-order valence-corrected chi connectivity index (χ0v) is 14.4. The van der Waals surface area contributed by atoms with Gasteiger partial charge in [0.2, 0.25) is 5.16 Å². The number of tetrazole rings is 1. The Hall–Kier alpha value is -1.04. The number of hydrogen-bond acceptors (Lipinski definition) is 9.